The Balaban J connectivity index is 1.77. The average Bonchev–Trinajstić information content (AvgIpc) is 2.95. The second kappa shape index (κ2) is 7.40. The third-order valence-corrected chi connectivity index (χ3v) is 4.57. The fourth-order valence-corrected chi connectivity index (χ4v) is 3.30. The monoisotopic (exact) mass is 371 g/mol. The summed E-state index contributed by atoms with van der Waals surface area (Å²) in [5.41, 5.74) is 2.41. The fourth-order valence-electron chi connectivity index (χ4n) is 3.30. The zero-order valence-electron chi connectivity index (χ0n) is 15.4. The first kappa shape index (κ1) is 17.5. The average molecular weight is 371 g/mol. The second-order valence-electron chi connectivity index (χ2n) is 6.48. The van der Waals surface area contributed by atoms with Crippen LogP contribution in [0.25, 0.3) is 5.57 Å². The van der Waals surface area contributed by atoms with Crippen LogP contribution in [-0.2, 0) is 0 Å². The number of hydrogen-bond acceptors (Lipinski definition) is 7. The van der Waals surface area contributed by atoms with Gasteiger partial charge in [-0.05, 0) is 31.9 Å². The van der Waals surface area contributed by atoms with Crippen molar-refractivity contribution in [1.29, 1.82) is 0 Å². The quantitative estimate of drug-likeness (QED) is 0.761. The summed E-state index contributed by atoms with van der Waals surface area (Å²) in [6, 6.07) is 3.41. The van der Waals surface area contributed by atoms with Crippen molar-refractivity contribution in [3.8, 4) is 11.5 Å². The first-order valence-corrected chi connectivity index (χ1v) is 8.98. The van der Waals surface area contributed by atoms with Crippen molar-refractivity contribution in [2.75, 3.05) is 37.6 Å². The minimum atomic E-state index is -0.386. The van der Waals surface area contributed by atoms with Gasteiger partial charge in [-0.1, -0.05) is 6.08 Å². The van der Waals surface area contributed by atoms with Gasteiger partial charge in [0, 0.05) is 31.4 Å². The van der Waals surface area contributed by atoms with Crippen molar-refractivity contribution in [3.05, 3.63) is 35.3 Å². The molecule has 142 valence electrons. The molecule has 4 rings (SSSR count). The third-order valence-electron chi connectivity index (χ3n) is 4.57. The number of fused-ring (bicyclic) bond motifs is 1. The SMILES string of the molecule is CNc1cc(C)nc(Nc2cc3c(c(C4=CCNCCC4)c2F)OCO3)n1. The maximum Gasteiger partial charge on any atom is 0.231 e. The highest BCUT2D eigenvalue weighted by Gasteiger charge is 2.27. The summed E-state index contributed by atoms with van der Waals surface area (Å²) in [5.74, 6) is 1.58. The molecule has 0 saturated carbocycles. The number of aromatic nitrogens is 2. The molecule has 1 aromatic carbocycles. The molecule has 0 atom stereocenters. The van der Waals surface area contributed by atoms with E-state index in [-0.39, 0.29) is 18.3 Å². The lowest BCUT2D eigenvalue weighted by molar-refractivity contribution is 0.173. The molecule has 3 heterocycles. The highest BCUT2D eigenvalue weighted by Crippen LogP contribution is 2.45. The molecule has 2 aromatic rings. The molecule has 27 heavy (non-hydrogen) atoms. The second-order valence-corrected chi connectivity index (χ2v) is 6.48. The number of hydrogen-bond donors (Lipinski definition) is 3. The Labute approximate surface area is 157 Å². The van der Waals surface area contributed by atoms with Crippen LogP contribution < -0.4 is 25.4 Å². The molecule has 7 nitrogen and oxygen atoms in total. The van der Waals surface area contributed by atoms with Crippen LogP contribution in [0.2, 0.25) is 0 Å². The number of benzene rings is 1. The van der Waals surface area contributed by atoms with E-state index in [4.69, 9.17) is 9.47 Å². The number of allylic oxidation sites excluding steroid dienone is 1. The summed E-state index contributed by atoms with van der Waals surface area (Å²) in [6.07, 6.45) is 3.72. The molecule has 0 bridgehead atoms. The molecular weight excluding hydrogens is 349 g/mol. The Hall–Kier alpha value is -2.87. The summed E-state index contributed by atoms with van der Waals surface area (Å²) < 4.78 is 26.6. The Morgan fingerprint density at radius 3 is 2.96 bits per heavy atom. The molecular formula is C19H22FN5O2. The molecule has 0 spiro atoms. The molecule has 8 heteroatoms. The predicted molar refractivity (Wildman–Crippen MR) is 102 cm³/mol. The van der Waals surface area contributed by atoms with Crippen LogP contribution in [0.4, 0.5) is 21.8 Å². The molecule has 0 saturated heterocycles. The smallest absolute Gasteiger partial charge is 0.231 e. The van der Waals surface area contributed by atoms with Gasteiger partial charge in [-0.3, -0.25) is 0 Å². The topological polar surface area (TPSA) is 80.3 Å². The first-order chi connectivity index (χ1) is 13.2. The van der Waals surface area contributed by atoms with Gasteiger partial charge in [0.25, 0.3) is 0 Å². The van der Waals surface area contributed by atoms with Gasteiger partial charge in [-0.15, -0.1) is 0 Å². The van der Waals surface area contributed by atoms with Crippen LogP contribution in [0.1, 0.15) is 24.1 Å². The van der Waals surface area contributed by atoms with Crippen LogP contribution in [0.3, 0.4) is 0 Å². The van der Waals surface area contributed by atoms with Crippen LogP contribution in [0, 0.1) is 12.7 Å². The van der Waals surface area contributed by atoms with Crippen molar-refractivity contribution < 1.29 is 13.9 Å². The van der Waals surface area contributed by atoms with Gasteiger partial charge in [0.05, 0.1) is 11.3 Å². The summed E-state index contributed by atoms with van der Waals surface area (Å²) >= 11 is 0. The van der Waals surface area contributed by atoms with Crippen molar-refractivity contribution in [1.82, 2.24) is 15.3 Å². The van der Waals surface area contributed by atoms with Crippen molar-refractivity contribution >= 4 is 23.0 Å². The Bertz CT molecular complexity index is 900. The standard InChI is InChI=1S/C19H22FN5O2/c1-11-8-15(21-2)25-19(23-11)24-13-9-14-18(27-10-26-14)16(17(13)20)12-4-3-6-22-7-5-12/h5,8-9,22H,3-4,6-7,10H2,1-2H3,(H2,21,23,24,25). The van der Waals surface area contributed by atoms with Crippen LogP contribution >= 0.6 is 0 Å². The minimum absolute atomic E-state index is 0.0849. The zero-order valence-corrected chi connectivity index (χ0v) is 15.4. The van der Waals surface area contributed by atoms with Crippen LogP contribution in [0.5, 0.6) is 11.5 Å². The number of ether oxygens (including phenoxy) is 2. The maximum atomic E-state index is 15.5. The van der Waals surface area contributed by atoms with Gasteiger partial charge in [0.2, 0.25) is 12.7 Å². The Morgan fingerprint density at radius 1 is 1.22 bits per heavy atom. The third kappa shape index (κ3) is 3.52. The van der Waals surface area contributed by atoms with Crippen molar-refractivity contribution in [2.45, 2.75) is 19.8 Å². The molecule has 3 N–H and O–H groups in total. The van der Waals surface area contributed by atoms with E-state index in [2.05, 4.69) is 25.9 Å². The van der Waals surface area contributed by atoms with Gasteiger partial charge in [0.15, 0.2) is 17.3 Å². The normalized spacial score (nSPS) is 15.9. The van der Waals surface area contributed by atoms with Crippen molar-refractivity contribution in [2.24, 2.45) is 0 Å². The Morgan fingerprint density at radius 2 is 2.11 bits per heavy atom. The number of nitrogens with one attached hydrogen (secondary N) is 3. The van der Waals surface area contributed by atoms with Crippen LogP contribution in [0.15, 0.2) is 18.2 Å². The molecule has 2 aliphatic rings. The maximum absolute atomic E-state index is 15.5. The first-order valence-electron chi connectivity index (χ1n) is 8.98. The number of anilines is 3. The van der Waals surface area contributed by atoms with Crippen molar-refractivity contribution in [3.63, 3.8) is 0 Å². The highest BCUT2D eigenvalue weighted by atomic mass is 19.1. The molecule has 0 aliphatic carbocycles. The van der Waals surface area contributed by atoms with Gasteiger partial charge in [-0.25, -0.2) is 9.37 Å². The van der Waals surface area contributed by atoms with E-state index in [1.807, 2.05) is 19.1 Å². The van der Waals surface area contributed by atoms with Gasteiger partial charge >= 0.3 is 0 Å². The van der Waals surface area contributed by atoms with Gasteiger partial charge in [0.1, 0.15) is 5.82 Å². The van der Waals surface area contributed by atoms with E-state index in [0.717, 1.165) is 30.7 Å². The Kier molecular flexibility index (Phi) is 4.81. The van der Waals surface area contributed by atoms with E-state index in [0.29, 0.717) is 35.4 Å². The number of halogens is 1. The zero-order chi connectivity index (χ0) is 18.8. The molecule has 2 aliphatic heterocycles. The lowest BCUT2D eigenvalue weighted by Gasteiger charge is -2.15. The summed E-state index contributed by atoms with van der Waals surface area (Å²) in [7, 11) is 1.78. The highest BCUT2D eigenvalue weighted by molar-refractivity contribution is 5.79. The predicted octanol–water partition coefficient (Wildman–Crippen LogP) is 3.20. The molecule has 1 aromatic heterocycles. The summed E-state index contributed by atoms with van der Waals surface area (Å²) in [6.45, 7) is 3.55. The molecule has 0 unspecified atom stereocenters. The van der Waals surface area contributed by atoms with Gasteiger partial charge in [-0.2, -0.15) is 4.98 Å². The van der Waals surface area contributed by atoms with E-state index in [1.165, 1.54) is 0 Å². The number of nitrogens with zero attached hydrogens (tertiary/aromatic N) is 2. The molecule has 0 fully saturated rings. The fraction of sp³-hybridized carbons (Fsp3) is 0.368. The van der Waals surface area contributed by atoms with E-state index >= 15 is 4.39 Å². The molecule has 0 amide bonds. The van der Waals surface area contributed by atoms with Crippen LogP contribution in [-0.4, -0.2) is 36.9 Å². The number of aryl methyl sites for hydroxylation is 1. The lowest BCUT2D eigenvalue weighted by atomic mass is 9.98. The largest absolute Gasteiger partial charge is 0.453 e. The minimum Gasteiger partial charge on any atom is -0.453 e. The van der Waals surface area contributed by atoms with Gasteiger partial charge < -0.3 is 25.4 Å². The summed E-state index contributed by atoms with van der Waals surface area (Å²) in [5, 5.41) is 9.27. The molecule has 0 radical (unpaired) electrons. The lowest BCUT2D eigenvalue weighted by Crippen LogP contribution is -2.12. The number of rotatable bonds is 4. The van der Waals surface area contributed by atoms with E-state index in [1.54, 1.807) is 13.1 Å². The van der Waals surface area contributed by atoms with E-state index in [9.17, 15) is 0 Å². The van der Waals surface area contributed by atoms with E-state index < -0.39 is 0 Å². The summed E-state index contributed by atoms with van der Waals surface area (Å²) in [4.78, 5) is 8.69.